The van der Waals surface area contributed by atoms with Crippen molar-refractivity contribution < 1.29 is 38.3 Å². The van der Waals surface area contributed by atoms with Gasteiger partial charge in [-0.15, -0.1) is 0 Å². The summed E-state index contributed by atoms with van der Waals surface area (Å²) in [6, 6.07) is 8.70. The number of primary amides is 1. The highest BCUT2D eigenvalue weighted by Gasteiger charge is 2.44. The number of aromatic nitrogens is 2. The zero-order valence-electron chi connectivity index (χ0n) is 33.1. The normalized spacial score (nSPS) is 24.3. The fourth-order valence-corrected chi connectivity index (χ4v) is 7.35. The fourth-order valence-electron chi connectivity index (χ4n) is 7.35. The van der Waals surface area contributed by atoms with Crippen LogP contribution in [-0.2, 0) is 40.0 Å². The lowest BCUT2D eigenvalue weighted by atomic mass is 9.99. The summed E-state index contributed by atoms with van der Waals surface area (Å²) in [6.45, 7) is 11.3. The number of ether oxygens (including phenoxy) is 1. The number of carbonyl (C=O) groups excluding carboxylic acids is 7. The summed E-state index contributed by atoms with van der Waals surface area (Å²) >= 11 is 0. The number of nitrogens with zero attached hydrogens (tertiary/aromatic N) is 5. The van der Waals surface area contributed by atoms with Gasteiger partial charge in [-0.2, -0.15) is 5.10 Å². The second kappa shape index (κ2) is 20.4. The average Bonchev–Trinajstić information content (AvgIpc) is 3.92. The third-order valence-corrected chi connectivity index (χ3v) is 10.2. The van der Waals surface area contributed by atoms with Gasteiger partial charge in [0.25, 0.3) is 0 Å². The van der Waals surface area contributed by atoms with Crippen molar-refractivity contribution in [3.8, 4) is 0 Å². The molecule has 4 aliphatic rings. The molecule has 1 aromatic carbocycles. The molecule has 4 saturated heterocycles. The number of anilines is 1. The number of piperidine rings is 1. The number of benzene rings is 1. The maximum atomic E-state index is 13.4. The summed E-state index contributed by atoms with van der Waals surface area (Å²) in [6.07, 6.45) is 3.88. The maximum absolute atomic E-state index is 13.4. The number of cyclic esters (lactones) is 1. The number of hydrogen-bond donors (Lipinski definition) is 4. The number of nitrogens with one attached hydrogen (secondary N) is 3. The molecule has 2 aromatic rings. The highest BCUT2D eigenvalue weighted by molar-refractivity contribution is 5.96. The highest BCUT2D eigenvalue weighted by atomic mass is 16.5. The van der Waals surface area contributed by atoms with E-state index in [9.17, 15) is 33.6 Å². The summed E-state index contributed by atoms with van der Waals surface area (Å²) in [5.74, 6) is -1.70. The van der Waals surface area contributed by atoms with Crippen LogP contribution in [0.5, 0.6) is 0 Å². The molecule has 17 nitrogen and oxygen atoms in total. The molecule has 5 unspecified atom stereocenters. The number of carbonyl (C=O) groups is 7. The summed E-state index contributed by atoms with van der Waals surface area (Å²) in [7, 11) is 0. The molecule has 0 radical (unpaired) electrons. The van der Waals surface area contributed by atoms with E-state index in [4.69, 9.17) is 10.5 Å². The second-order valence-corrected chi connectivity index (χ2v) is 14.7. The van der Waals surface area contributed by atoms with Crippen LogP contribution in [0, 0.1) is 19.8 Å². The van der Waals surface area contributed by atoms with Crippen molar-refractivity contribution >= 4 is 47.4 Å². The van der Waals surface area contributed by atoms with E-state index in [-0.39, 0.29) is 49.1 Å². The van der Waals surface area contributed by atoms with Crippen LogP contribution in [0.1, 0.15) is 77.0 Å². The fraction of sp³-hybridized carbons (Fsp3) is 0.590. The summed E-state index contributed by atoms with van der Waals surface area (Å²) < 4.78 is 7.13. The Morgan fingerprint density at radius 1 is 0.911 bits per heavy atom. The number of aryl methyl sites for hydroxylation is 3. The number of hydrogen-bond acceptors (Lipinski definition) is 9. The lowest BCUT2D eigenvalue weighted by Gasteiger charge is -2.38. The molecule has 306 valence electrons. The third-order valence-electron chi connectivity index (χ3n) is 10.2. The van der Waals surface area contributed by atoms with E-state index in [0.717, 1.165) is 25.1 Å². The minimum absolute atomic E-state index is 0.00788. The largest absolute Gasteiger partial charge is 0.464 e. The van der Waals surface area contributed by atoms with Crippen molar-refractivity contribution in [3.63, 3.8) is 0 Å². The van der Waals surface area contributed by atoms with Crippen LogP contribution in [-0.4, -0.2) is 123 Å². The molecule has 0 aliphatic carbocycles. The van der Waals surface area contributed by atoms with Crippen LogP contribution < -0.4 is 21.7 Å². The molecule has 0 saturated carbocycles. The van der Waals surface area contributed by atoms with Crippen LogP contribution in [0.4, 0.5) is 10.6 Å². The lowest BCUT2D eigenvalue weighted by molar-refractivity contribution is -0.156. The molecule has 1 aromatic heterocycles. The van der Waals surface area contributed by atoms with Gasteiger partial charge in [-0.25, -0.2) is 9.59 Å². The number of fused-ring (bicyclic) bond motifs is 3. The topological polar surface area (TPSA) is 218 Å². The van der Waals surface area contributed by atoms with Gasteiger partial charge < -0.3 is 35.8 Å². The first kappa shape index (κ1) is 43.3. The van der Waals surface area contributed by atoms with Gasteiger partial charge in [-0.3, -0.25) is 34.0 Å². The zero-order chi connectivity index (χ0) is 40.9. The Bertz CT molecular complexity index is 1720. The van der Waals surface area contributed by atoms with E-state index in [0.29, 0.717) is 51.1 Å². The molecule has 4 aliphatic heterocycles. The Kier molecular flexibility index (Phi) is 15.8. The predicted octanol–water partition coefficient (Wildman–Crippen LogP) is 1.86. The Morgan fingerprint density at radius 2 is 1.61 bits per heavy atom. The molecular formula is C39H57N9O8. The molecule has 0 spiro atoms. The highest BCUT2D eigenvalue weighted by Crippen LogP contribution is 2.27. The number of urea groups is 1. The summed E-state index contributed by atoms with van der Waals surface area (Å²) in [5.41, 5.74) is 7.16. The Hall–Kier alpha value is -5.48. The number of esters is 1. The van der Waals surface area contributed by atoms with E-state index in [1.54, 1.807) is 27.5 Å². The summed E-state index contributed by atoms with van der Waals surface area (Å²) in [4.78, 5) is 91.6. The number of nitrogens with two attached hydrogens (primary N) is 1. The van der Waals surface area contributed by atoms with Crippen molar-refractivity contribution in [2.45, 2.75) is 110 Å². The Balaban J connectivity index is 0.000000249. The van der Waals surface area contributed by atoms with Crippen molar-refractivity contribution in [1.29, 1.82) is 0 Å². The summed E-state index contributed by atoms with van der Waals surface area (Å²) in [5, 5.41) is 11.7. The minimum atomic E-state index is -0.825. The van der Waals surface area contributed by atoms with Gasteiger partial charge in [0.1, 0.15) is 30.8 Å². The molecular weight excluding hydrogens is 722 g/mol. The maximum Gasteiger partial charge on any atom is 0.328 e. The predicted molar refractivity (Wildman–Crippen MR) is 207 cm³/mol. The molecule has 0 bridgehead atoms. The van der Waals surface area contributed by atoms with E-state index < -0.39 is 42.1 Å². The lowest BCUT2D eigenvalue weighted by Crippen LogP contribution is -2.59. The van der Waals surface area contributed by atoms with Crippen LogP contribution in [0.2, 0.25) is 0 Å². The molecule has 4 fully saturated rings. The van der Waals surface area contributed by atoms with Gasteiger partial charge >= 0.3 is 12.0 Å². The number of amides is 7. The Labute approximate surface area is 328 Å². The molecule has 6 rings (SSSR count). The average molecular weight is 780 g/mol. The molecule has 5 atom stereocenters. The standard InChI is InChI=1S/C23H34N4O6.C9H15N5O2.C7H8/c1-14-12-18-23(32)33-11-8-19(28)25-10-5-7-17(25)22(31)26-9-4-3-6-16(26)20(29)24-15(2)21(30)27(18)13-14;1-3-14-6(2)4-8(13-14)12-9(16)11-5-7(10)15;1-7-5-3-2-4-6-7/h14-18H,3-13H2,1-2H3,(H,24,29);4H,3,5H2,1-2H3,(H2,10,15)(H2,11,12,13,16);2-6H,1H3. The second-order valence-electron chi connectivity index (χ2n) is 14.7. The third kappa shape index (κ3) is 11.8. The van der Waals surface area contributed by atoms with Crippen molar-refractivity contribution in [1.82, 2.24) is 35.1 Å². The Morgan fingerprint density at radius 3 is 2.25 bits per heavy atom. The molecule has 17 heteroatoms. The smallest absolute Gasteiger partial charge is 0.328 e. The zero-order valence-corrected chi connectivity index (χ0v) is 33.1. The van der Waals surface area contributed by atoms with Crippen molar-refractivity contribution in [2.24, 2.45) is 11.7 Å². The molecule has 5 heterocycles. The van der Waals surface area contributed by atoms with E-state index >= 15 is 0 Å². The van der Waals surface area contributed by atoms with E-state index in [1.807, 2.05) is 39.0 Å². The SMILES string of the molecule is CC1CC2C(=O)OCCC(=O)N3CCCC3C(=O)N3CCCCC3C(=O)NC(C)C(=O)N2C1.CCn1nc(NC(=O)NCC(N)=O)cc1C.Cc1ccccc1. The molecule has 7 amide bonds. The first-order valence-corrected chi connectivity index (χ1v) is 19.5. The van der Waals surface area contributed by atoms with Crippen LogP contribution >= 0.6 is 0 Å². The van der Waals surface area contributed by atoms with Gasteiger partial charge in [0, 0.05) is 37.9 Å². The number of rotatable bonds is 4. The van der Waals surface area contributed by atoms with Gasteiger partial charge in [-0.05, 0) is 72.1 Å². The van der Waals surface area contributed by atoms with Crippen LogP contribution in [0.3, 0.4) is 0 Å². The van der Waals surface area contributed by atoms with Crippen LogP contribution in [0.25, 0.3) is 0 Å². The minimum Gasteiger partial charge on any atom is -0.464 e. The first-order chi connectivity index (χ1) is 26.7. The van der Waals surface area contributed by atoms with Crippen molar-refractivity contribution in [2.75, 3.05) is 38.1 Å². The van der Waals surface area contributed by atoms with E-state index in [1.165, 1.54) is 10.5 Å². The quantitative estimate of drug-likeness (QED) is 0.333. The van der Waals surface area contributed by atoms with Crippen molar-refractivity contribution in [3.05, 3.63) is 47.7 Å². The van der Waals surface area contributed by atoms with Gasteiger partial charge in [-0.1, -0.05) is 42.8 Å². The van der Waals surface area contributed by atoms with E-state index in [2.05, 4.69) is 40.1 Å². The van der Waals surface area contributed by atoms with Gasteiger partial charge in [0.05, 0.1) is 13.0 Å². The monoisotopic (exact) mass is 779 g/mol. The molecule has 56 heavy (non-hydrogen) atoms. The molecule has 5 N–H and O–H groups in total. The first-order valence-electron chi connectivity index (χ1n) is 19.5. The van der Waals surface area contributed by atoms with Gasteiger partial charge in [0.2, 0.25) is 29.5 Å². The van der Waals surface area contributed by atoms with Gasteiger partial charge in [0.15, 0.2) is 5.82 Å². The van der Waals surface area contributed by atoms with Crippen LogP contribution in [0.15, 0.2) is 36.4 Å².